The maximum Gasteiger partial charge on any atom is 0.374 e. The van der Waals surface area contributed by atoms with Crippen LogP contribution in [0.5, 0.6) is 5.75 Å². The van der Waals surface area contributed by atoms with E-state index < -0.39 is 17.5 Å². The lowest BCUT2D eigenvalue weighted by molar-refractivity contribution is -0.135. The van der Waals surface area contributed by atoms with Gasteiger partial charge in [0.2, 0.25) is 5.76 Å². The number of ether oxygens (including phenoxy) is 1. The molecular weight excluding hydrogens is 344 g/mol. The average molecular weight is 374 g/mol. The molecule has 1 aromatic carbocycles. The molecule has 0 aliphatic heterocycles. The van der Waals surface area contributed by atoms with Crippen molar-refractivity contribution in [3.8, 4) is 5.75 Å². The minimum Gasteiger partial charge on any atom is -0.508 e. The van der Waals surface area contributed by atoms with Crippen LogP contribution in [-0.2, 0) is 4.79 Å². The highest BCUT2D eigenvalue weighted by Crippen LogP contribution is 2.37. The van der Waals surface area contributed by atoms with Gasteiger partial charge in [-0.2, -0.15) is 0 Å². The fourth-order valence-electron chi connectivity index (χ4n) is 3.72. The van der Waals surface area contributed by atoms with Gasteiger partial charge in [0, 0.05) is 6.42 Å². The van der Waals surface area contributed by atoms with Crippen molar-refractivity contribution in [1.82, 2.24) is 0 Å². The zero-order chi connectivity index (χ0) is 19.6. The number of allylic oxidation sites excluding steroid dienone is 3. The zero-order valence-corrected chi connectivity index (χ0v) is 15.9. The minimum absolute atomic E-state index is 0.0673. The first-order valence-electron chi connectivity index (χ1n) is 9.74. The Hall–Kier alpha value is -2.43. The normalized spacial score (nSPS) is 21.8. The summed E-state index contributed by atoms with van der Waals surface area (Å²) in [5.74, 6) is -1.19. The summed E-state index contributed by atoms with van der Waals surface area (Å²) < 4.78 is 6.13. The van der Waals surface area contributed by atoms with Crippen molar-refractivity contribution in [3.63, 3.8) is 0 Å². The summed E-state index contributed by atoms with van der Waals surface area (Å²) in [6, 6.07) is 9.51. The van der Waals surface area contributed by atoms with Crippen LogP contribution in [-0.4, -0.2) is 27.4 Å². The number of aliphatic hydroxyl groups excluding tert-OH is 2. The Bertz CT molecular complexity index is 650. The number of para-hydroxylation sites is 1. The molecule has 0 heterocycles. The molecule has 0 radical (unpaired) electrons. The standard InChI is InChI=1S/C22H30O5/c1-2-3-8-16-9-7-10-17(16)15-19(27-18-11-5-4-6-12-18)13-14-20(23)21(24)22(25)26/h3-6,8,11-12,16-17,19,23-24H,2,7,9-10,13-15H2,1H3,(H,25,26)/b8-3+,21-20+/t16-,17+,19?/m0/s1. The van der Waals surface area contributed by atoms with Crippen molar-refractivity contribution >= 4 is 5.97 Å². The second kappa shape index (κ2) is 10.7. The monoisotopic (exact) mass is 374 g/mol. The van der Waals surface area contributed by atoms with E-state index in [4.69, 9.17) is 9.84 Å². The van der Waals surface area contributed by atoms with Gasteiger partial charge in [-0.3, -0.25) is 0 Å². The Morgan fingerprint density at radius 1 is 1.22 bits per heavy atom. The SMILES string of the molecule is CC/C=C/[C@H]1CCC[C@@H]1CC(CC/C(O)=C(\O)C(=O)O)Oc1ccccc1. The van der Waals surface area contributed by atoms with E-state index in [1.54, 1.807) is 0 Å². The van der Waals surface area contributed by atoms with E-state index in [1.807, 2.05) is 30.3 Å². The molecule has 5 heteroatoms. The number of carbonyl (C=O) groups is 1. The second-order valence-corrected chi connectivity index (χ2v) is 7.12. The molecule has 5 nitrogen and oxygen atoms in total. The molecule has 1 aromatic rings. The van der Waals surface area contributed by atoms with Crippen LogP contribution >= 0.6 is 0 Å². The number of carboxylic acid groups (broad SMARTS) is 1. The summed E-state index contributed by atoms with van der Waals surface area (Å²) in [7, 11) is 0. The molecule has 3 atom stereocenters. The Morgan fingerprint density at radius 3 is 2.63 bits per heavy atom. The van der Waals surface area contributed by atoms with E-state index in [2.05, 4.69) is 19.1 Å². The Balaban J connectivity index is 2.06. The van der Waals surface area contributed by atoms with Crippen molar-refractivity contribution in [3.05, 3.63) is 54.0 Å². The number of rotatable bonds is 10. The van der Waals surface area contributed by atoms with Crippen molar-refractivity contribution in [2.24, 2.45) is 11.8 Å². The van der Waals surface area contributed by atoms with Gasteiger partial charge in [-0.1, -0.05) is 43.7 Å². The van der Waals surface area contributed by atoms with E-state index in [-0.39, 0.29) is 12.5 Å². The van der Waals surface area contributed by atoms with E-state index >= 15 is 0 Å². The summed E-state index contributed by atoms with van der Waals surface area (Å²) in [5.41, 5.74) is 0. The smallest absolute Gasteiger partial charge is 0.374 e. The van der Waals surface area contributed by atoms with E-state index in [0.717, 1.165) is 25.0 Å². The molecule has 1 fully saturated rings. The van der Waals surface area contributed by atoms with Gasteiger partial charge in [0.1, 0.15) is 11.5 Å². The predicted octanol–water partition coefficient (Wildman–Crippen LogP) is 5.40. The largest absolute Gasteiger partial charge is 0.508 e. The summed E-state index contributed by atoms with van der Waals surface area (Å²) in [6.45, 7) is 2.13. The van der Waals surface area contributed by atoms with Crippen LogP contribution < -0.4 is 4.74 Å². The third-order valence-corrected chi connectivity index (χ3v) is 5.13. The first kappa shape index (κ1) is 20.9. The van der Waals surface area contributed by atoms with Gasteiger partial charge in [0.05, 0.1) is 6.10 Å². The fraction of sp³-hybridized carbons (Fsp3) is 0.500. The molecule has 0 amide bonds. The lowest BCUT2D eigenvalue weighted by Crippen LogP contribution is -2.23. The van der Waals surface area contributed by atoms with Crippen molar-refractivity contribution in [2.75, 3.05) is 0 Å². The van der Waals surface area contributed by atoms with Crippen molar-refractivity contribution in [2.45, 2.75) is 58.0 Å². The van der Waals surface area contributed by atoms with Crippen molar-refractivity contribution in [1.29, 1.82) is 0 Å². The highest BCUT2D eigenvalue weighted by Gasteiger charge is 2.29. The van der Waals surface area contributed by atoms with Gasteiger partial charge >= 0.3 is 5.97 Å². The predicted molar refractivity (Wildman–Crippen MR) is 105 cm³/mol. The Labute approximate surface area is 161 Å². The summed E-state index contributed by atoms with van der Waals surface area (Å²) in [4.78, 5) is 10.8. The number of benzene rings is 1. The summed E-state index contributed by atoms with van der Waals surface area (Å²) in [5, 5.41) is 28.0. The number of hydrogen-bond donors (Lipinski definition) is 3. The number of aliphatic hydroxyl groups is 2. The minimum atomic E-state index is -1.52. The highest BCUT2D eigenvalue weighted by molar-refractivity contribution is 5.84. The number of carboxylic acids is 1. The molecule has 27 heavy (non-hydrogen) atoms. The number of hydrogen-bond acceptors (Lipinski definition) is 4. The lowest BCUT2D eigenvalue weighted by Gasteiger charge is -2.25. The van der Waals surface area contributed by atoms with E-state index in [9.17, 15) is 15.0 Å². The zero-order valence-electron chi connectivity index (χ0n) is 15.9. The summed E-state index contributed by atoms with van der Waals surface area (Å²) >= 11 is 0. The van der Waals surface area contributed by atoms with Crippen LogP contribution in [0.1, 0.15) is 51.9 Å². The van der Waals surface area contributed by atoms with Gasteiger partial charge in [0.15, 0.2) is 0 Å². The van der Waals surface area contributed by atoms with E-state index in [1.165, 1.54) is 12.8 Å². The molecule has 1 unspecified atom stereocenters. The molecule has 1 aliphatic carbocycles. The van der Waals surface area contributed by atoms with Gasteiger partial charge < -0.3 is 20.1 Å². The van der Waals surface area contributed by atoms with Crippen LogP contribution in [0.2, 0.25) is 0 Å². The molecule has 0 saturated heterocycles. The lowest BCUT2D eigenvalue weighted by atomic mass is 9.88. The molecular formula is C22H30O5. The average Bonchev–Trinajstić information content (AvgIpc) is 3.11. The molecule has 3 N–H and O–H groups in total. The molecule has 0 bridgehead atoms. The van der Waals surface area contributed by atoms with Gasteiger partial charge in [-0.05, 0) is 56.1 Å². The quantitative estimate of drug-likeness (QED) is 0.290. The molecule has 0 aromatic heterocycles. The first-order valence-corrected chi connectivity index (χ1v) is 9.74. The van der Waals surface area contributed by atoms with Crippen LogP contribution in [0.3, 0.4) is 0 Å². The van der Waals surface area contributed by atoms with Gasteiger partial charge in [-0.25, -0.2) is 4.79 Å². The number of aliphatic carboxylic acids is 1. The maximum atomic E-state index is 10.8. The molecule has 0 spiro atoms. The molecule has 148 valence electrons. The van der Waals surface area contributed by atoms with Crippen LogP contribution in [0.4, 0.5) is 0 Å². The van der Waals surface area contributed by atoms with Crippen LogP contribution in [0, 0.1) is 11.8 Å². The van der Waals surface area contributed by atoms with Crippen LogP contribution in [0.15, 0.2) is 54.0 Å². The first-order chi connectivity index (χ1) is 13.0. The van der Waals surface area contributed by atoms with Crippen LogP contribution in [0.25, 0.3) is 0 Å². The summed E-state index contributed by atoms with van der Waals surface area (Å²) in [6.07, 6.45) is 10.3. The molecule has 1 aliphatic rings. The third kappa shape index (κ3) is 6.66. The third-order valence-electron chi connectivity index (χ3n) is 5.13. The van der Waals surface area contributed by atoms with Crippen molar-refractivity contribution < 1.29 is 24.9 Å². The second-order valence-electron chi connectivity index (χ2n) is 7.12. The highest BCUT2D eigenvalue weighted by atomic mass is 16.5. The van der Waals surface area contributed by atoms with E-state index in [0.29, 0.717) is 18.3 Å². The Morgan fingerprint density at radius 2 is 1.96 bits per heavy atom. The van der Waals surface area contributed by atoms with Gasteiger partial charge in [-0.15, -0.1) is 0 Å². The maximum absolute atomic E-state index is 10.8. The van der Waals surface area contributed by atoms with Gasteiger partial charge in [0.25, 0.3) is 0 Å². The molecule has 2 rings (SSSR count). The Kier molecular flexibility index (Phi) is 8.24. The molecule has 1 saturated carbocycles. The fourth-order valence-corrected chi connectivity index (χ4v) is 3.72. The topological polar surface area (TPSA) is 87.0 Å².